The van der Waals surface area contributed by atoms with E-state index in [-0.39, 0.29) is 18.2 Å². The topological polar surface area (TPSA) is 58.2 Å². The number of anilines is 2. The standard InChI is InChI=1S/C10H10N2O2/c1-6-3-2-4-7-10(6)12-9(14)5-8(13)11-7/h2-4H,5H2,1H3,(H,11,13)(H,12,14). The van der Waals surface area contributed by atoms with Gasteiger partial charge in [-0.25, -0.2) is 0 Å². The van der Waals surface area contributed by atoms with Crippen molar-refractivity contribution in [1.29, 1.82) is 0 Å². The third kappa shape index (κ3) is 1.46. The molecule has 0 spiro atoms. The summed E-state index contributed by atoms with van der Waals surface area (Å²) in [7, 11) is 0. The average molecular weight is 190 g/mol. The molecule has 72 valence electrons. The van der Waals surface area contributed by atoms with Crippen molar-refractivity contribution >= 4 is 23.2 Å². The van der Waals surface area contributed by atoms with Crippen LogP contribution in [0.1, 0.15) is 12.0 Å². The lowest BCUT2D eigenvalue weighted by atomic mass is 10.1. The van der Waals surface area contributed by atoms with E-state index in [9.17, 15) is 9.59 Å². The lowest BCUT2D eigenvalue weighted by Crippen LogP contribution is -2.16. The molecule has 14 heavy (non-hydrogen) atoms. The molecule has 1 aliphatic rings. The molecule has 0 saturated carbocycles. The van der Waals surface area contributed by atoms with Crippen molar-refractivity contribution in [3.8, 4) is 0 Å². The Balaban J connectivity index is 2.51. The Bertz CT molecular complexity index is 413. The predicted molar refractivity (Wildman–Crippen MR) is 53.1 cm³/mol. The third-order valence-corrected chi connectivity index (χ3v) is 2.13. The number of aryl methyl sites for hydroxylation is 1. The number of nitrogens with one attached hydrogen (secondary N) is 2. The smallest absolute Gasteiger partial charge is 0.233 e. The van der Waals surface area contributed by atoms with E-state index in [1.165, 1.54) is 0 Å². The van der Waals surface area contributed by atoms with Crippen LogP contribution in [-0.2, 0) is 9.59 Å². The number of para-hydroxylation sites is 1. The van der Waals surface area contributed by atoms with Gasteiger partial charge in [-0.05, 0) is 18.6 Å². The van der Waals surface area contributed by atoms with Crippen LogP contribution < -0.4 is 10.6 Å². The van der Waals surface area contributed by atoms with Gasteiger partial charge in [0.25, 0.3) is 0 Å². The summed E-state index contributed by atoms with van der Waals surface area (Å²) < 4.78 is 0. The van der Waals surface area contributed by atoms with E-state index in [4.69, 9.17) is 0 Å². The fourth-order valence-electron chi connectivity index (χ4n) is 1.46. The largest absolute Gasteiger partial charge is 0.324 e. The summed E-state index contributed by atoms with van der Waals surface area (Å²) in [6.07, 6.45) is -0.117. The molecule has 1 aliphatic heterocycles. The molecule has 2 rings (SSSR count). The summed E-state index contributed by atoms with van der Waals surface area (Å²) in [4.78, 5) is 22.4. The highest BCUT2D eigenvalue weighted by molar-refractivity contribution is 6.13. The van der Waals surface area contributed by atoms with E-state index in [1.807, 2.05) is 19.1 Å². The second-order valence-electron chi connectivity index (χ2n) is 3.27. The third-order valence-electron chi connectivity index (χ3n) is 2.13. The SMILES string of the molecule is Cc1cccc2c1NC(=O)CC(=O)N2. The van der Waals surface area contributed by atoms with Crippen LogP contribution in [0.3, 0.4) is 0 Å². The van der Waals surface area contributed by atoms with Crippen LogP contribution in [0.4, 0.5) is 11.4 Å². The first-order valence-corrected chi connectivity index (χ1v) is 4.36. The summed E-state index contributed by atoms with van der Waals surface area (Å²) in [5.41, 5.74) is 2.31. The molecule has 2 N–H and O–H groups in total. The predicted octanol–water partition coefficient (Wildman–Crippen LogP) is 1.28. The lowest BCUT2D eigenvalue weighted by Gasteiger charge is -2.08. The zero-order valence-corrected chi connectivity index (χ0v) is 7.76. The van der Waals surface area contributed by atoms with Crippen LogP contribution in [0, 0.1) is 6.92 Å². The Hall–Kier alpha value is -1.84. The highest BCUT2D eigenvalue weighted by Gasteiger charge is 2.18. The summed E-state index contributed by atoms with van der Waals surface area (Å²) in [5, 5.41) is 5.37. The summed E-state index contributed by atoms with van der Waals surface area (Å²) >= 11 is 0. The molecule has 1 heterocycles. The first-order valence-electron chi connectivity index (χ1n) is 4.36. The minimum absolute atomic E-state index is 0.117. The second-order valence-corrected chi connectivity index (χ2v) is 3.27. The fraction of sp³-hybridized carbons (Fsp3) is 0.200. The van der Waals surface area contributed by atoms with Crippen molar-refractivity contribution in [2.75, 3.05) is 10.6 Å². The fourth-order valence-corrected chi connectivity index (χ4v) is 1.46. The molecule has 0 aromatic heterocycles. The quantitative estimate of drug-likeness (QED) is 0.605. The molecule has 4 heteroatoms. The van der Waals surface area contributed by atoms with Crippen LogP contribution in [0.25, 0.3) is 0 Å². The number of rotatable bonds is 0. The lowest BCUT2D eigenvalue weighted by molar-refractivity contribution is -0.123. The molecular formula is C10H10N2O2. The van der Waals surface area contributed by atoms with Crippen molar-refractivity contribution in [2.24, 2.45) is 0 Å². The maximum absolute atomic E-state index is 11.2. The molecule has 0 bridgehead atoms. The van der Waals surface area contributed by atoms with Crippen LogP contribution in [0.15, 0.2) is 18.2 Å². The molecule has 1 aromatic rings. The number of carbonyl (C=O) groups excluding carboxylic acids is 2. The van der Waals surface area contributed by atoms with Crippen LogP contribution in [0.5, 0.6) is 0 Å². The number of hydrogen-bond donors (Lipinski definition) is 2. The van der Waals surface area contributed by atoms with Crippen molar-refractivity contribution in [3.63, 3.8) is 0 Å². The van der Waals surface area contributed by atoms with Gasteiger partial charge in [-0.3, -0.25) is 9.59 Å². The number of fused-ring (bicyclic) bond motifs is 1. The monoisotopic (exact) mass is 190 g/mol. The second kappa shape index (κ2) is 3.14. The van der Waals surface area contributed by atoms with Gasteiger partial charge in [0, 0.05) is 0 Å². The van der Waals surface area contributed by atoms with Gasteiger partial charge < -0.3 is 10.6 Å². The van der Waals surface area contributed by atoms with Crippen molar-refractivity contribution in [1.82, 2.24) is 0 Å². The van der Waals surface area contributed by atoms with E-state index in [0.717, 1.165) is 5.56 Å². The molecule has 0 unspecified atom stereocenters. The normalized spacial score (nSPS) is 15.2. The van der Waals surface area contributed by atoms with Gasteiger partial charge >= 0.3 is 0 Å². The Kier molecular flexibility index (Phi) is 1.96. The number of hydrogen-bond acceptors (Lipinski definition) is 2. The Morgan fingerprint density at radius 2 is 1.86 bits per heavy atom. The van der Waals surface area contributed by atoms with E-state index < -0.39 is 0 Å². The minimum Gasteiger partial charge on any atom is -0.324 e. The highest BCUT2D eigenvalue weighted by atomic mass is 16.2. The number of benzene rings is 1. The van der Waals surface area contributed by atoms with Crippen molar-refractivity contribution < 1.29 is 9.59 Å². The van der Waals surface area contributed by atoms with E-state index >= 15 is 0 Å². The molecule has 0 radical (unpaired) electrons. The first-order chi connectivity index (χ1) is 6.66. The Morgan fingerprint density at radius 1 is 1.14 bits per heavy atom. The molecule has 2 amide bonds. The summed E-state index contributed by atoms with van der Waals surface area (Å²) in [6.45, 7) is 1.89. The van der Waals surface area contributed by atoms with Gasteiger partial charge in [0.1, 0.15) is 6.42 Å². The van der Waals surface area contributed by atoms with Gasteiger partial charge in [0.15, 0.2) is 0 Å². The van der Waals surface area contributed by atoms with Crippen molar-refractivity contribution in [3.05, 3.63) is 23.8 Å². The molecule has 0 aliphatic carbocycles. The van der Waals surface area contributed by atoms with E-state index in [1.54, 1.807) is 6.07 Å². The van der Waals surface area contributed by atoms with Gasteiger partial charge in [0.2, 0.25) is 11.8 Å². The van der Waals surface area contributed by atoms with Gasteiger partial charge in [-0.15, -0.1) is 0 Å². The maximum Gasteiger partial charge on any atom is 0.233 e. The zero-order chi connectivity index (χ0) is 10.1. The minimum atomic E-state index is -0.271. The number of amides is 2. The molecule has 1 aromatic carbocycles. The Morgan fingerprint density at radius 3 is 2.64 bits per heavy atom. The van der Waals surface area contributed by atoms with Crippen LogP contribution >= 0.6 is 0 Å². The Labute approximate surface area is 81.3 Å². The zero-order valence-electron chi connectivity index (χ0n) is 7.76. The highest BCUT2D eigenvalue weighted by Crippen LogP contribution is 2.27. The molecule has 0 fully saturated rings. The van der Waals surface area contributed by atoms with Gasteiger partial charge in [-0.1, -0.05) is 12.1 Å². The molecule has 0 atom stereocenters. The van der Waals surface area contributed by atoms with Gasteiger partial charge in [-0.2, -0.15) is 0 Å². The summed E-state index contributed by atoms with van der Waals surface area (Å²) in [5.74, 6) is -0.539. The molecule has 0 saturated heterocycles. The maximum atomic E-state index is 11.2. The van der Waals surface area contributed by atoms with Crippen LogP contribution in [-0.4, -0.2) is 11.8 Å². The average Bonchev–Trinajstić information content (AvgIpc) is 2.23. The van der Waals surface area contributed by atoms with Crippen molar-refractivity contribution in [2.45, 2.75) is 13.3 Å². The van der Waals surface area contributed by atoms with Crippen LogP contribution in [0.2, 0.25) is 0 Å². The number of carbonyl (C=O) groups is 2. The van der Waals surface area contributed by atoms with E-state index in [0.29, 0.717) is 11.4 Å². The molecular weight excluding hydrogens is 180 g/mol. The van der Waals surface area contributed by atoms with E-state index in [2.05, 4.69) is 10.6 Å². The molecule has 4 nitrogen and oxygen atoms in total. The van der Waals surface area contributed by atoms with Gasteiger partial charge in [0.05, 0.1) is 11.4 Å². The summed E-state index contributed by atoms with van der Waals surface area (Å²) in [6, 6.07) is 5.49. The first kappa shape index (κ1) is 8.74.